The van der Waals surface area contributed by atoms with Gasteiger partial charge in [-0.1, -0.05) is 53.2 Å². The van der Waals surface area contributed by atoms with Crippen LogP contribution in [-0.2, 0) is 23.4 Å². The maximum atomic E-state index is 13.6. The molecule has 2 bridgehead atoms. The summed E-state index contributed by atoms with van der Waals surface area (Å²) in [4.78, 5) is 13.6. The fourth-order valence-electron chi connectivity index (χ4n) is 7.90. The fraction of sp³-hybridized carbons (Fsp3) is 0.893. The Morgan fingerprint density at radius 1 is 1.21 bits per heavy atom. The van der Waals surface area contributed by atoms with Gasteiger partial charge in [0, 0.05) is 25.0 Å². The van der Waals surface area contributed by atoms with Crippen molar-refractivity contribution in [1.29, 1.82) is 0 Å². The number of hydrogen-bond donors (Lipinski definition) is 0. The van der Waals surface area contributed by atoms with Crippen LogP contribution < -0.4 is 0 Å². The van der Waals surface area contributed by atoms with E-state index in [-0.39, 0.29) is 46.6 Å². The molecule has 2 spiro atoms. The Balaban J connectivity index is 1.79. The zero-order valence-electron chi connectivity index (χ0n) is 22.9. The number of rotatable bonds is 6. The highest BCUT2D eigenvalue weighted by molar-refractivity contribution is 6.74. The lowest BCUT2D eigenvalue weighted by molar-refractivity contribution is -0.243. The first-order valence-corrected chi connectivity index (χ1v) is 16.2. The number of fused-ring (bicyclic) bond motifs is 2. The molecule has 34 heavy (non-hydrogen) atoms. The van der Waals surface area contributed by atoms with E-state index in [2.05, 4.69) is 54.3 Å². The lowest BCUT2D eigenvalue weighted by Gasteiger charge is -2.63. The number of hydrogen-bond acceptors (Lipinski definition) is 5. The SMILES string of the molecule is C=C1C[C@@H]2C[C@@H](OCOC)[C@@H]3[C@@]1(C2)C(=O)OC[C@]31CCCC(C)(C)[C@H]1CO[Si](C)(C)C(C)(C)C. The Labute approximate surface area is 208 Å². The van der Waals surface area contributed by atoms with E-state index in [1.54, 1.807) is 7.11 Å². The van der Waals surface area contributed by atoms with Crippen LogP contribution in [0.1, 0.15) is 73.1 Å². The molecule has 4 aliphatic rings. The van der Waals surface area contributed by atoms with Crippen LogP contribution in [0.25, 0.3) is 0 Å². The van der Waals surface area contributed by atoms with E-state index >= 15 is 0 Å². The zero-order chi connectivity index (χ0) is 25.2. The molecule has 0 amide bonds. The number of methoxy groups -OCH3 is 1. The predicted octanol–water partition coefficient (Wildman–Crippen LogP) is 6.34. The Kier molecular flexibility index (Phi) is 6.75. The predicted molar refractivity (Wildman–Crippen MR) is 137 cm³/mol. The van der Waals surface area contributed by atoms with Gasteiger partial charge >= 0.3 is 5.97 Å². The van der Waals surface area contributed by atoms with Gasteiger partial charge in [-0.15, -0.1) is 0 Å². The topological polar surface area (TPSA) is 54.0 Å². The third-order valence-electron chi connectivity index (χ3n) is 10.6. The first-order chi connectivity index (χ1) is 15.7. The molecule has 0 aromatic rings. The molecule has 194 valence electrons. The Hall–Kier alpha value is -0.693. The van der Waals surface area contributed by atoms with E-state index in [4.69, 9.17) is 18.6 Å². The third kappa shape index (κ3) is 3.95. The zero-order valence-corrected chi connectivity index (χ0v) is 23.9. The largest absolute Gasteiger partial charge is 0.464 e. The van der Waals surface area contributed by atoms with Crippen LogP contribution >= 0.6 is 0 Å². The van der Waals surface area contributed by atoms with Gasteiger partial charge in [-0.05, 0) is 67.5 Å². The van der Waals surface area contributed by atoms with Crippen LogP contribution in [0, 0.1) is 34.0 Å². The quantitative estimate of drug-likeness (QED) is 0.187. The van der Waals surface area contributed by atoms with Crippen LogP contribution in [0.3, 0.4) is 0 Å². The second-order valence-corrected chi connectivity index (χ2v) is 18.8. The molecule has 1 heterocycles. The normalized spacial score (nSPS) is 39.8. The van der Waals surface area contributed by atoms with Gasteiger partial charge in [-0.2, -0.15) is 0 Å². The van der Waals surface area contributed by atoms with Crippen molar-refractivity contribution in [3.8, 4) is 0 Å². The maximum Gasteiger partial charge on any atom is 0.316 e. The molecule has 1 aliphatic heterocycles. The monoisotopic (exact) mass is 492 g/mol. The molecule has 4 fully saturated rings. The fourth-order valence-corrected chi connectivity index (χ4v) is 8.91. The average Bonchev–Trinajstić information content (AvgIpc) is 2.97. The highest BCUT2D eigenvalue weighted by Crippen LogP contribution is 2.70. The number of esters is 1. The van der Waals surface area contributed by atoms with Gasteiger partial charge < -0.3 is 18.6 Å². The Morgan fingerprint density at radius 3 is 2.56 bits per heavy atom. The van der Waals surface area contributed by atoms with Crippen molar-refractivity contribution < 1.29 is 23.4 Å². The van der Waals surface area contributed by atoms with Gasteiger partial charge in [0.15, 0.2) is 8.32 Å². The second kappa shape index (κ2) is 8.71. The van der Waals surface area contributed by atoms with Crippen molar-refractivity contribution in [2.45, 2.75) is 97.4 Å². The van der Waals surface area contributed by atoms with E-state index < -0.39 is 13.7 Å². The molecule has 0 unspecified atom stereocenters. The van der Waals surface area contributed by atoms with Crippen molar-refractivity contribution >= 4 is 14.3 Å². The lowest BCUT2D eigenvalue weighted by atomic mass is 9.44. The van der Waals surface area contributed by atoms with E-state index in [0.29, 0.717) is 12.5 Å². The molecular weight excluding hydrogens is 444 g/mol. The minimum Gasteiger partial charge on any atom is -0.464 e. The van der Waals surface area contributed by atoms with Crippen LogP contribution in [0.15, 0.2) is 12.2 Å². The molecule has 6 atom stereocenters. The van der Waals surface area contributed by atoms with Crippen LogP contribution in [0.5, 0.6) is 0 Å². The number of ether oxygens (including phenoxy) is 3. The number of carbonyl (C=O) groups is 1. The lowest BCUT2D eigenvalue weighted by Crippen LogP contribution is -2.66. The van der Waals surface area contributed by atoms with Gasteiger partial charge in [0.05, 0.1) is 18.1 Å². The van der Waals surface area contributed by atoms with Crippen LogP contribution in [0.2, 0.25) is 18.1 Å². The summed E-state index contributed by atoms with van der Waals surface area (Å²) in [5.41, 5.74) is 0.368. The van der Waals surface area contributed by atoms with Gasteiger partial charge in [0.1, 0.15) is 6.79 Å². The van der Waals surface area contributed by atoms with Gasteiger partial charge in [-0.3, -0.25) is 4.79 Å². The Morgan fingerprint density at radius 2 is 1.91 bits per heavy atom. The van der Waals surface area contributed by atoms with Gasteiger partial charge in [-0.25, -0.2) is 0 Å². The summed E-state index contributed by atoms with van der Waals surface area (Å²) in [5.74, 6) is 0.729. The molecule has 4 rings (SSSR count). The minimum absolute atomic E-state index is 0.0185. The standard InChI is InChI=1S/C28H48O5Si/c1-19-13-20-14-21(32-18-30-7)23-27(17-31-24(29)28(19,23)15-20)12-10-11-26(5,6)22(27)16-33-34(8,9)25(2,3)4/h20-23H,1,10-18H2,2-9H3/t20-,21-,22-,23+,27+,28+/m1/s1. The molecule has 0 N–H and O–H groups in total. The summed E-state index contributed by atoms with van der Waals surface area (Å²) >= 11 is 0. The summed E-state index contributed by atoms with van der Waals surface area (Å²) in [6, 6.07) is 0. The molecule has 1 saturated heterocycles. The molecular formula is C28H48O5Si. The average molecular weight is 493 g/mol. The summed E-state index contributed by atoms with van der Waals surface area (Å²) in [7, 11) is -0.258. The minimum atomic E-state index is -1.94. The highest BCUT2D eigenvalue weighted by atomic mass is 28.4. The maximum absolute atomic E-state index is 13.6. The molecule has 3 aliphatic carbocycles. The van der Waals surface area contributed by atoms with Gasteiger partial charge in [0.2, 0.25) is 0 Å². The smallest absolute Gasteiger partial charge is 0.316 e. The summed E-state index contributed by atoms with van der Waals surface area (Å²) in [5, 5.41) is 0.154. The van der Waals surface area contributed by atoms with Crippen molar-refractivity contribution in [3.63, 3.8) is 0 Å². The van der Waals surface area contributed by atoms with Crippen molar-refractivity contribution in [3.05, 3.63) is 12.2 Å². The molecule has 0 radical (unpaired) electrons. The Bertz CT molecular complexity index is 804. The van der Waals surface area contributed by atoms with Crippen LogP contribution in [0.4, 0.5) is 0 Å². The second-order valence-electron chi connectivity index (χ2n) is 13.9. The van der Waals surface area contributed by atoms with Crippen molar-refractivity contribution in [1.82, 2.24) is 0 Å². The van der Waals surface area contributed by atoms with E-state index in [0.717, 1.165) is 44.3 Å². The summed E-state index contributed by atoms with van der Waals surface area (Å²) in [6.07, 6.45) is 6.08. The van der Waals surface area contributed by atoms with Crippen molar-refractivity contribution in [2.75, 3.05) is 27.1 Å². The summed E-state index contributed by atoms with van der Waals surface area (Å²) < 4.78 is 24.9. The van der Waals surface area contributed by atoms with Gasteiger partial charge in [0.25, 0.3) is 0 Å². The van der Waals surface area contributed by atoms with Crippen LogP contribution in [-0.4, -0.2) is 47.5 Å². The summed E-state index contributed by atoms with van der Waals surface area (Å²) in [6.45, 7) is 22.3. The highest BCUT2D eigenvalue weighted by Gasteiger charge is 2.71. The van der Waals surface area contributed by atoms with Crippen molar-refractivity contribution in [2.24, 2.45) is 34.0 Å². The molecule has 5 nitrogen and oxygen atoms in total. The molecule has 0 aromatic heterocycles. The number of cyclic esters (lactones) is 1. The third-order valence-corrected chi connectivity index (χ3v) is 15.1. The first-order valence-electron chi connectivity index (χ1n) is 13.3. The molecule has 0 aromatic carbocycles. The number of carbonyl (C=O) groups excluding carboxylic acids is 1. The van der Waals surface area contributed by atoms with E-state index in [1.807, 2.05) is 0 Å². The van der Waals surface area contributed by atoms with E-state index in [9.17, 15) is 4.79 Å². The van der Waals surface area contributed by atoms with E-state index in [1.165, 1.54) is 6.42 Å². The molecule has 6 heteroatoms. The molecule has 3 saturated carbocycles. The first kappa shape index (κ1) is 26.4.